The van der Waals surface area contributed by atoms with E-state index >= 15 is 0 Å². The number of para-hydroxylation sites is 1. The van der Waals surface area contributed by atoms with Crippen LogP contribution in [0.5, 0.6) is 5.75 Å². The van der Waals surface area contributed by atoms with Gasteiger partial charge in [-0.15, -0.1) is 5.54 Å². The van der Waals surface area contributed by atoms with Crippen molar-refractivity contribution in [1.29, 1.82) is 0 Å². The summed E-state index contributed by atoms with van der Waals surface area (Å²) in [6.45, 7) is 0.182. The summed E-state index contributed by atoms with van der Waals surface area (Å²) in [6, 6.07) is 9.30. The topological polar surface area (TPSA) is 29.5 Å². The molecule has 0 aliphatic heterocycles. The highest BCUT2D eigenvalue weighted by atomic mass is 28.1. The molecule has 1 atom stereocenters. The molecule has 65 valence electrons. The zero-order chi connectivity index (χ0) is 9.52. The highest BCUT2D eigenvalue weighted by Gasteiger charge is 1.98. The van der Waals surface area contributed by atoms with E-state index in [0.717, 1.165) is 5.75 Å². The molecule has 0 amide bonds. The molecule has 3 radical (unpaired) electrons. The molecule has 3 heteroatoms. The molecule has 1 aromatic rings. The van der Waals surface area contributed by atoms with Crippen molar-refractivity contribution in [2.45, 2.75) is 6.10 Å². The zero-order valence-electron chi connectivity index (χ0n) is 7.03. The van der Waals surface area contributed by atoms with Crippen molar-refractivity contribution in [2.75, 3.05) is 6.61 Å². The van der Waals surface area contributed by atoms with Crippen LogP contribution in [0.25, 0.3) is 0 Å². The third kappa shape index (κ3) is 3.79. The van der Waals surface area contributed by atoms with Crippen molar-refractivity contribution in [1.82, 2.24) is 0 Å². The molecule has 1 rings (SSSR count). The van der Waals surface area contributed by atoms with Crippen molar-refractivity contribution in [3.63, 3.8) is 0 Å². The van der Waals surface area contributed by atoms with Crippen LogP contribution in [0.3, 0.4) is 0 Å². The van der Waals surface area contributed by atoms with Gasteiger partial charge >= 0.3 is 0 Å². The first kappa shape index (κ1) is 9.84. The van der Waals surface area contributed by atoms with Gasteiger partial charge in [0.1, 0.15) is 28.7 Å². The minimum absolute atomic E-state index is 0.182. The van der Waals surface area contributed by atoms with Crippen molar-refractivity contribution in [3.05, 3.63) is 30.3 Å². The summed E-state index contributed by atoms with van der Waals surface area (Å²) in [4.78, 5) is 0. The molecule has 0 fully saturated rings. The van der Waals surface area contributed by atoms with E-state index in [2.05, 4.69) is 21.7 Å². The van der Waals surface area contributed by atoms with Gasteiger partial charge in [-0.2, -0.15) is 0 Å². The fourth-order valence-electron chi connectivity index (χ4n) is 0.817. The van der Waals surface area contributed by atoms with Crippen LogP contribution in [0, 0.1) is 11.5 Å². The number of aliphatic hydroxyl groups is 1. The van der Waals surface area contributed by atoms with E-state index in [9.17, 15) is 5.11 Å². The standard InChI is InChI=1S/C10H9O2Si/c11-9(6-7-13)8-12-10-4-2-1-3-5-10/h1-5,9,11H,8H2. The maximum atomic E-state index is 9.18. The number of benzene rings is 1. The molecular formula is C10H9O2Si. The Bertz CT molecular complexity index is 300. The van der Waals surface area contributed by atoms with E-state index in [1.54, 1.807) is 0 Å². The number of hydrogen-bond acceptors (Lipinski definition) is 2. The van der Waals surface area contributed by atoms with Gasteiger partial charge in [-0.3, -0.25) is 0 Å². The first-order valence-electron chi connectivity index (χ1n) is 3.86. The average molecular weight is 189 g/mol. The maximum Gasteiger partial charge on any atom is 0.147 e. The summed E-state index contributed by atoms with van der Waals surface area (Å²) in [5.74, 6) is 3.24. The van der Waals surface area contributed by atoms with E-state index in [1.807, 2.05) is 30.3 Å². The first-order valence-corrected chi connectivity index (χ1v) is 4.36. The van der Waals surface area contributed by atoms with Crippen LogP contribution in [0.2, 0.25) is 0 Å². The Morgan fingerprint density at radius 2 is 2.08 bits per heavy atom. The Labute approximate surface area is 81.0 Å². The minimum Gasteiger partial charge on any atom is -0.490 e. The van der Waals surface area contributed by atoms with Crippen molar-refractivity contribution < 1.29 is 9.84 Å². The summed E-state index contributed by atoms with van der Waals surface area (Å²) in [6.07, 6.45) is -0.752. The van der Waals surface area contributed by atoms with Gasteiger partial charge < -0.3 is 9.84 Å². The smallest absolute Gasteiger partial charge is 0.147 e. The van der Waals surface area contributed by atoms with Crippen LogP contribution in [-0.4, -0.2) is 28.1 Å². The first-order chi connectivity index (χ1) is 6.33. The molecular weight excluding hydrogens is 180 g/mol. The maximum absolute atomic E-state index is 9.18. The Morgan fingerprint density at radius 1 is 1.38 bits per heavy atom. The number of aliphatic hydroxyl groups excluding tert-OH is 1. The van der Waals surface area contributed by atoms with Gasteiger partial charge in [0.05, 0.1) is 0 Å². The third-order valence-electron chi connectivity index (χ3n) is 1.39. The fourth-order valence-corrected chi connectivity index (χ4v) is 0.983. The molecule has 0 heterocycles. The highest BCUT2D eigenvalue weighted by molar-refractivity contribution is 6.22. The van der Waals surface area contributed by atoms with Gasteiger partial charge in [-0.05, 0) is 12.1 Å². The van der Waals surface area contributed by atoms with Gasteiger partial charge in [0.15, 0.2) is 0 Å². The lowest BCUT2D eigenvalue weighted by Crippen LogP contribution is -2.15. The van der Waals surface area contributed by atoms with Crippen LogP contribution >= 0.6 is 0 Å². The van der Waals surface area contributed by atoms with Crippen molar-refractivity contribution in [3.8, 4) is 17.2 Å². The van der Waals surface area contributed by atoms with E-state index in [-0.39, 0.29) is 6.61 Å². The van der Waals surface area contributed by atoms with E-state index in [1.165, 1.54) is 0 Å². The summed E-state index contributed by atoms with van der Waals surface area (Å²) < 4.78 is 5.25. The minimum atomic E-state index is -0.752. The highest BCUT2D eigenvalue weighted by Crippen LogP contribution is 2.08. The monoisotopic (exact) mass is 189 g/mol. The normalized spacial score (nSPS) is 11.2. The molecule has 1 aromatic carbocycles. The second-order valence-electron chi connectivity index (χ2n) is 2.41. The second kappa shape index (κ2) is 5.41. The lowest BCUT2D eigenvalue weighted by molar-refractivity contribution is 0.151. The average Bonchev–Trinajstić information content (AvgIpc) is 2.17. The molecule has 2 nitrogen and oxygen atoms in total. The molecule has 13 heavy (non-hydrogen) atoms. The molecule has 1 unspecified atom stereocenters. The lowest BCUT2D eigenvalue weighted by Gasteiger charge is -2.06. The molecule has 0 aliphatic rings. The Kier molecular flexibility index (Phi) is 4.10. The SMILES string of the molecule is OC(C#C[Si])COc1ccccc1. The van der Waals surface area contributed by atoms with Crippen molar-refractivity contribution >= 4 is 10.2 Å². The third-order valence-corrected chi connectivity index (χ3v) is 1.53. The Hall–Kier alpha value is -1.24. The molecule has 0 aromatic heterocycles. The fraction of sp³-hybridized carbons (Fsp3) is 0.200. The summed E-state index contributed by atoms with van der Waals surface area (Å²) in [5.41, 5.74) is 2.43. The second-order valence-corrected chi connectivity index (χ2v) is 2.66. The summed E-state index contributed by atoms with van der Waals surface area (Å²) >= 11 is 0. The predicted molar refractivity (Wildman–Crippen MR) is 51.5 cm³/mol. The van der Waals surface area contributed by atoms with Gasteiger partial charge in [-0.25, -0.2) is 0 Å². The molecule has 1 N–H and O–H groups in total. The Morgan fingerprint density at radius 3 is 2.69 bits per heavy atom. The molecule has 0 bridgehead atoms. The van der Waals surface area contributed by atoms with Gasteiger partial charge in [0.25, 0.3) is 0 Å². The van der Waals surface area contributed by atoms with Crippen LogP contribution in [0.1, 0.15) is 0 Å². The van der Waals surface area contributed by atoms with Gasteiger partial charge in [-0.1, -0.05) is 24.1 Å². The molecule has 0 aliphatic carbocycles. The van der Waals surface area contributed by atoms with Crippen LogP contribution in [0.15, 0.2) is 30.3 Å². The summed E-state index contributed by atoms with van der Waals surface area (Å²) in [5, 5.41) is 9.18. The van der Waals surface area contributed by atoms with Crippen LogP contribution in [0.4, 0.5) is 0 Å². The molecule has 0 spiro atoms. The largest absolute Gasteiger partial charge is 0.490 e. The van der Waals surface area contributed by atoms with Crippen molar-refractivity contribution in [2.24, 2.45) is 0 Å². The van der Waals surface area contributed by atoms with Gasteiger partial charge in [0.2, 0.25) is 0 Å². The number of hydrogen-bond donors (Lipinski definition) is 1. The van der Waals surface area contributed by atoms with E-state index in [4.69, 9.17) is 4.74 Å². The van der Waals surface area contributed by atoms with E-state index < -0.39 is 6.10 Å². The van der Waals surface area contributed by atoms with Crippen LogP contribution in [-0.2, 0) is 0 Å². The quantitative estimate of drug-likeness (QED) is 0.556. The number of ether oxygens (including phenoxy) is 1. The summed E-state index contributed by atoms with van der Waals surface area (Å²) in [7, 11) is 2.94. The predicted octanol–water partition coefficient (Wildman–Crippen LogP) is 0.556. The molecule has 0 saturated heterocycles. The van der Waals surface area contributed by atoms with E-state index in [0.29, 0.717) is 0 Å². The molecule has 0 saturated carbocycles. The van der Waals surface area contributed by atoms with Crippen LogP contribution < -0.4 is 4.74 Å². The van der Waals surface area contributed by atoms with Gasteiger partial charge in [0, 0.05) is 0 Å². The Balaban J connectivity index is 2.38. The zero-order valence-corrected chi connectivity index (χ0v) is 8.03. The number of rotatable bonds is 3. The lowest BCUT2D eigenvalue weighted by atomic mass is 10.3.